The molecule has 0 saturated carbocycles. The Morgan fingerprint density at radius 1 is 1.36 bits per heavy atom. The van der Waals surface area contributed by atoms with Crippen LogP contribution in [0.15, 0.2) is 24.3 Å². The Morgan fingerprint density at radius 3 is 2.80 bits per heavy atom. The maximum Gasteiger partial charge on any atom is 0.344 e. The number of carbonyl (C=O) groups excluding carboxylic acids is 2. The van der Waals surface area contributed by atoms with Crippen LogP contribution in [-0.4, -0.2) is 34.0 Å². The first-order valence-corrected chi connectivity index (χ1v) is 7.99. The highest BCUT2D eigenvalue weighted by Crippen LogP contribution is 2.30. The number of carboxylic acid groups (broad SMARTS) is 1. The Labute approximate surface area is 144 Å². The fraction of sp³-hybridized carbons (Fsp3) is 0.333. The molecule has 2 amide bonds. The smallest absolute Gasteiger partial charge is 0.344 e. The maximum absolute atomic E-state index is 12.1. The van der Waals surface area contributed by atoms with E-state index in [0.717, 1.165) is 10.9 Å². The summed E-state index contributed by atoms with van der Waals surface area (Å²) in [5, 5.41) is 12.1. The van der Waals surface area contributed by atoms with Crippen LogP contribution < -0.4 is 10.1 Å². The van der Waals surface area contributed by atoms with Crippen LogP contribution in [-0.2, 0) is 14.4 Å². The number of hydrogen-bond acceptors (Lipinski definition) is 5. The molecule has 2 aromatic rings. The van der Waals surface area contributed by atoms with E-state index in [1.54, 1.807) is 18.2 Å². The highest BCUT2D eigenvalue weighted by molar-refractivity contribution is 6.01. The van der Waals surface area contributed by atoms with Crippen molar-refractivity contribution in [3.63, 3.8) is 0 Å². The van der Waals surface area contributed by atoms with Crippen molar-refractivity contribution in [3.05, 3.63) is 35.5 Å². The van der Waals surface area contributed by atoms with Crippen LogP contribution in [0.3, 0.4) is 0 Å². The molecule has 2 N–H and O–H groups in total. The molecule has 0 aliphatic carbocycles. The number of benzene rings is 1. The Hall–Kier alpha value is -2.96. The first-order valence-electron chi connectivity index (χ1n) is 7.99. The normalized spacial score (nSPS) is 18.7. The van der Waals surface area contributed by atoms with Gasteiger partial charge in [-0.1, -0.05) is 0 Å². The number of aromatic nitrogens is 1. The van der Waals surface area contributed by atoms with Gasteiger partial charge in [-0.05, 0) is 44.0 Å². The summed E-state index contributed by atoms with van der Waals surface area (Å²) >= 11 is 0. The number of pyridine rings is 1. The lowest BCUT2D eigenvalue weighted by molar-refractivity contribution is -0.144. The Morgan fingerprint density at radius 2 is 2.12 bits per heavy atom. The number of imide groups is 1. The van der Waals surface area contributed by atoms with Gasteiger partial charge in [-0.3, -0.25) is 19.9 Å². The van der Waals surface area contributed by atoms with Gasteiger partial charge in [-0.2, -0.15) is 0 Å². The predicted molar refractivity (Wildman–Crippen MR) is 89.3 cm³/mol. The molecular formula is C18H18N2O5. The molecule has 1 aromatic carbocycles. The lowest BCUT2D eigenvalue weighted by atomic mass is 9.89. The Kier molecular flexibility index (Phi) is 4.39. The van der Waals surface area contributed by atoms with Crippen molar-refractivity contribution in [3.8, 4) is 5.75 Å². The second-order valence-electron chi connectivity index (χ2n) is 6.12. The van der Waals surface area contributed by atoms with Crippen LogP contribution >= 0.6 is 0 Å². The van der Waals surface area contributed by atoms with Crippen LogP contribution in [0.4, 0.5) is 0 Å². The molecule has 0 spiro atoms. The van der Waals surface area contributed by atoms with Crippen molar-refractivity contribution in [2.45, 2.75) is 38.7 Å². The molecule has 130 valence electrons. The number of aliphatic carboxylic acids is 1. The number of nitrogens with zero attached hydrogens (tertiary/aromatic N) is 1. The third kappa shape index (κ3) is 3.45. The number of nitrogens with one attached hydrogen (secondary N) is 1. The monoisotopic (exact) mass is 342 g/mol. The molecule has 1 saturated heterocycles. The molecule has 1 aliphatic rings. The topological polar surface area (TPSA) is 106 Å². The van der Waals surface area contributed by atoms with Gasteiger partial charge in [0.05, 0.1) is 11.4 Å². The molecule has 2 atom stereocenters. The molecule has 7 heteroatoms. The van der Waals surface area contributed by atoms with Crippen LogP contribution in [0.5, 0.6) is 5.75 Å². The van der Waals surface area contributed by atoms with Crippen molar-refractivity contribution >= 4 is 28.7 Å². The first kappa shape index (κ1) is 16.9. The van der Waals surface area contributed by atoms with Crippen molar-refractivity contribution in [2.75, 3.05) is 0 Å². The lowest BCUT2D eigenvalue weighted by Crippen LogP contribution is -2.39. The fourth-order valence-corrected chi connectivity index (χ4v) is 2.93. The standard InChI is InChI=1S/C18H18N2O5/c1-9-14(13-5-6-16(21)20-17(13)22)7-11-3-4-12(8-15(11)19-9)25-10(2)18(23)24/h3-4,7-8,10,13H,5-6H2,1-2H3,(H,23,24)(H,20,21,22). The van der Waals surface area contributed by atoms with E-state index in [9.17, 15) is 14.4 Å². The average Bonchev–Trinajstić information content (AvgIpc) is 2.54. The molecule has 3 rings (SSSR count). The van der Waals surface area contributed by atoms with Gasteiger partial charge in [-0.25, -0.2) is 4.79 Å². The van der Waals surface area contributed by atoms with E-state index in [1.165, 1.54) is 6.92 Å². The summed E-state index contributed by atoms with van der Waals surface area (Å²) in [6, 6.07) is 7.02. The first-order chi connectivity index (χ1) is 11.8. The quantitative estimate of drug-likeness (QED) is 0.822. The van der Waals surface area contributed by atoms with E-state index in [-0.39, 0.29) is 11.8 Å². The molecule has 1 fully saturated rings. The Balaban J connectivity index is 1.93. The van der Waals surface area contributed by atoms with Crippen molar-refractivity contribution in [1.82, 2.24) is 10.3 Å². The number of ether oxygens (including phenoxy) is 1. The summed E-state index contributed by atoms with van der Waals surface area (Å²) in [7, 11) is 0. The van der Waals surface area contributed by atoms with Gasteiger partial charge in [0.15, 0.2) is 6.10 Å². The van der Waals surface area contributed by atoms with Crippen LogP contribution in [0, 0.1) is 6.92 Å². The molecule has 0 radical (unpaired) electrons. The lowest BCUT2D eigenvalue weighted by Gasteiger charge is -2.22. The SMILES string of the molecule is Cc1nc2cc(OC(C)C(=O)O)ccc2cc1C1CCC(=O)NC1=O. The molecule has 25 heavy (non-hydrogen) atoms. The minimum Gasteiger partial charge on any atom is -0.479 e. The maximum atomic E-state index is 12.1. The number of aryl methyl sites for hydroxylation is 1. The molecule has 2 unspecified atom stereocenters. The van der Waals surface area contributed by atoms with E-state index in [1.807, 2.05) is 13.0 Å². The minimum absolute atomic E-state index is 0.248. The van der Waals surface area contributed by atoms with Gasteiger partial charge in [0, 0.05) is 23.6 Å². The summed E-state index contributed by atoms with van der Waals surface area (Å²) in [5.74, 6) is -1.56. The molecular weight excluding hydrogens is 324 g/mol. The predicted octanol–water partition coefficient (Wildman–Crippen LogP) is 1.92. The van der Waals surface area contributed by atoms with E-state index in [4.69, 9.17) is 9.84 Å². The molecule has 7 nitrogen and oxygen atoms in total. The van der Waals surface area contributed by atoms with E-state index < -0.39 is 18.0 Å². The molecule has 1 aromatic heterocycles. The minimum atomic E-state index is -1.04. The van der Waals surface area contributed by atoms with E-state index >= 15 is 0 Å². The highest BCUT2D eigenvalue weighted by atomic mass is 16.5. The number of amides is 2. The second-order valence-corrected chi connectivity index (χ2v) is 6.12. The summed E-state index contributed by atoms with van der Waals surface area (Å²) in [6.07, 6.45) is -0.176. The average molecular weight is 342 g/mol. The van der Waals surface area contributed by atoms with Gasteiger partial charge in [0.25, 0.3) is 0 Å². The van der Waals surface area contributed by atoms with Gasteiger partial charge >= 0.3 is 5.97 Å². The fourth-order valence-electron chi connectivity index (χ4n) is 2.93. The third-order valence-corrected chi connectivity index (χ3v) is 4.29. The highest BCUT2D eigenvalue weighted by Gasteiger charge is 2.29. The number of rotatable bonds is 4. The Bertz CT molecular complexity index is 877. The number of fused-ring (bicyclic) bond motifs is 1. The zero-order valence-corrected chi connectivity index (χ0v) is 13.9. The van der Waals surface area contributed by atoms with Crippen molar-refractivity contribution in [2.24, 2.45) is 0 Å². The van der Waals surface area contributed by atoms with Crippen LogP contribution in [0.2, 0.25) is 0 Å². The van der Waals surface area contributed by atoms with E-state index in [0.29, 0.717) is 29.8 Å². The zero-order chi connectivity index (χ0) is 18.1. The van der Waals surface area contributed by atoms with Crippen LogP contribution in [0.1, 0.15) is 36.9 Å². The van der Waals surface area contributed by atoms with Crippen molar-refractivity contribution in [1.29, 1.82) is 0 Å². The number of carbonyl (C=O) groups is 3. The summed E-state index contributed by atoms with van der Waals surface area (Å²) < 4.78 is 5.36. The number of hydrogen-bond donors (Lipinski definition) is 2. The largest absolute Gasteiger partial charge is 0.479 e. The van der Waals surface area contributed by atoms with Crippen LogP contribution in [0.25, 0.3) is 10.9 Å². The van der Waals surface area contributed by atoms with Gasteiger partial charge in [0.1, 0.15) is 5.75 Å². The zero-order valence-electron chi connectivity index (χ0n) is 13.9. The summed E-state index contributed by atoms with van der Waals surface area (Å²) in [6.45, 7) is 3.27. The van der Waals surface area contributed by atoms with E-state index in [2.05, 4.69) is 10.3 Å². The number of carboxylic acids is 1. The molecule has 0 bridgehead atoms. The summed E-state index contributed by atoms with van der Waals surface area (Å²) in [4.78, 5) is 38.8. The van der Waals surface area contributed by atoms with Gasteiger partial charge in [-0.15, -0.1) is 0 Å². The number of piperidine rings is 1. The summed E-state index contributed by atoms with van der Waals surface area (Å²) in [5.41, 5.74) is 2.15. The third-order valence-electron chi connectivity index (χ3n) is 4.29. The van der Waals surface area contributed by atoms with Gasteiger partial charge in [0.2, 0.25) is 11.8 Å². The second kappa shape index (κ2) is 6.51. The van der Waals surface area contributed by atoms with Gasteiger partial charge < -0.3 is 9.84 Å². The molecule has 1 aliphatic heterocycles. The van der Waals surface area contributed by atoms with Crippen molar-refractivity contribution < 1.29 is 24.2 Å². The molecule has 2 heterocycles.